The van der Waals surface area contributed by atoms with E-state index in [4.69, 9.17) is 0 Å². The monoisotopic (exact) mass is 452 g/mol. The summed E-state index contributed by atoms with van der Waals surface area (Å²) >= 11 is 0.708. The van der Waals surface area contributed by atoms with Crippen LogP contribution in [-0.4, -0.2) is 18.7 Å². The Labute approximate surface area is 184 Å². The van der Waals surface area contributed by atoms with E-state index in [0.29, 0.717) is 23.0 Å². The summed E-state index contributed by atoms with van der Waals surface area (Å²) in [4.78, 5) is 2.69. The van der Waals surface area contributed by atoms with Gasteiger partial charge in [-0.05, 0) is 58.9 Å². The lowest BCUT2D eigenvalue weighted by atomic mass is 9.99. The Balaban J connectivity index is 1.30. The van der Waals surface area contributed by atoms with Crippen molar-refractivity contribution in [2.24, 2.45) is 0 Å². The first-order chi connectivity index (χ1) is 14.5. The Morgan fingerprint density at radius 3 is 2.57 bits per heavy atom. The molecule has 0 saturated heterocycles. The molecule has 3 aromatic rings. The van der Waals surface area contributed by atoms with Crippen LogP contribution in [0.1, 0.15) is 38.3 Å². The summed E-state index contributed by atoms with van der Waals surface area (Å²) in [6, 6.07) is 20.6. The number of aryl methyl sites for hydroxylation is 1. The normalized spacial score (nSPS) is 25.7. The van der Waals surface area contributed by atoms with Crippen molar-refractivity contribution in [1.29, 1.82) is 0 Å². The highest BCUT2D eigenvalue weighted by Crippen LogP contribution is 2.49. The standard InChI is InChI=1S/C24H20O3S3/c25-29-22-12-17(21-11-16-3-1-2-4-20(16)28-21)6-8-18(22)13-23(29)19-7-5-15-9-10-30(26,27)24(15)14-19/h1-8,12,14,21,23H,9-11,13H2. The minimum absolute atomic E-state index is 0.176. The molecule has 0 saturated carbocycles. The maximum absolute atomic E-state index is 13.4. The molecular formula is C24H20O3S3. The number of thioether (sulfide) groups is 1. The molecule has 0 bridgehead atoms. The third-order valence-electron chi connectivity index (χ3n) is 6.43. The zero-order chi connectivity index (χ0) is 20.5. The Bertz CT molecular complexity index is 1260. The second kappa shape index (κ2) is 6.89. The first-order valence-corrected chi connectivity index (χ1v) is 13.9. The zero-order valence-electron chi connectivity index (χ0n) is 16.2. The van der Waals surface area contributed by atoms with Crippen LogP contribution in [0.2, 0.25) is 0 Å². The fourth-order valence-corrected chi connectivity index (χ4v) is 9.39. The predicted molar refractivity (Wildman–Crippen MR) is 120 cm³/mol. The van der Waals surface area contributed by atoms with Crippen molar-refractivity contribution < 1.29 is 13.0 Å². The van der Waals surface area contributed by atoms with Crippen molar-refractivity contribution >= 4 is 32.8 Å². The molecule has 0 radical (unpaired) electrons. The van der Waals surface area contributed by atoms with Gasteiger partial charge in [0.15, 0.2) is 14.7 Å². The van der Waals surface area contributed by atoms with Crippen LogP contribution in [0.3, 0.4) is 0 Å². The third-order valence-corrected chi connectivity index (χ3v) is 11.4. The van der Waals surface area contributed by atoms with Crippen LogP contribution in [-0.2, 0) is 40.3 Å². The van der Waals surface area contributed by atoms with Gasteiger partial charge in [0, 0.05) is 27.7 Å². The van der Waals surface area contributed by atoms with Gasteiger partial charge in [0.25, 0.3) is 0 Å². The number of fused-ring (bicyclic) bond motifs is 3. The zero-order valence-corrected chi connectivity index (χ0v) is 18.7. The first kappa shape index (κ1) is 19.0. The lowest BCUT2D eigenvalue weighted by Crippen LogP contribution is -2.09. The molecule has 30 heavy (non-hydrogen) atoms. The summed E-state index contributed by atoms with van der Waals surface area (Å²) in [6.07, 6.45) is 2.27. The molecule has 3 aromatic carbocycles. The SMILES string of the molecule is O=S1(=O)CCc2ccc(C3Cc4ccc(C5Cc6ccccc6S5)cc4[S+]3[O-])cc21. The van der Waals surface area contributed by atoms with E-state index in [9.17, 15) is 13.0 Å². The van der Waals surface area contributed by atoms with Gasteiger partial charge in [-0.2, -0.15) is 0 Å². The molecular weight excluding hydrogens is 432 g/mol. The quantitative estimate of drug-likeness (QED) is 0.524. The second-order valence-electron chi connectivity index (χ2n) is 8.21. The summed E-state index contributed by atoms with van der Waals surface area (Å²) in [5.74, 6) is 0.185. The van der Waals surface area contributed by atoms with Gasteiger partial charge in [0.2, 0.25) is 0 Å². The van der Waals surface area contributed by atoms with Crippen LogP contribution in [0, 0.1) is 0 Å². The Hall–Kier alpha value is -1.73. The van der Waals surface area contributed by atoms with Gasteiger partial charge in [-0.1, -0.05) is 42.5 Å². The Morgan fingerprint density at radius 2 is 1.70 bits per heavy atom. The average molecular weight is 453 g/mol. The lowest BCUT2D eigenvalue weighted by molar-refractivity contribution is 0.587. The molecule has 0 amide bonds. The van der Waals surface area contributed by atoms with Gasteiger partial charge in [-0.25, -0.2) is 8.42 Å². The van der Waals surface area contributed by atoms with E-state index in [1.54, 1.807) is 6.07 Å². The Morgan fingerprint density at radius 1 is 0.900 bits per heavy atom. The van der Waals surface area contributed by atoms with Crippen LogP contribution >= 0.6 is 11.8 Å². The molecule has 0 N–H and O–H groups in total. The highest BCUT2D eigenvalue weighted by atomic mass is 32.2. The summed E-state index contributed by atoms with van der Waals surface area (Å²) < 4.78 is 38.1. The van der Waals surface area contributed by atoms with E-state index in [2.05, 4.69) is 42.5 Å². The number of hydrogen-bond acceptors (Lipinski definition) is 4. The molecule has 3 heterocycles. The first-order valence-electron chi connectivity index (χ1n) is 10.1. The van der Waals surface area contributed by atoms with Crippen LogP contribution in [0.4, 0.5) is 0 Å². The van der Waals surface area contributed by atoms with Crippen molar-refractivity contribution in [3.8, 4) is 0 Å². The number of benzene rings is 3. The molecule has 6 heteroatoms. The minimum Gasteiger partial charge on any atom is -0.611 e. The summed E-state index contributed by atoms with van der Waals surface area (Å²) in [5.41, 5.74) is 5.48. The number of rotatable bonds is 2. The van der Waals surface area contributed by atoms with Crippen molar-refractivity contribution in [2.75, 3.05) is 5.75 Å². The topological polar surface area (TPSA) is 57.2 Å². The molecule has 3 unspecified atom stereocenters. The summed E-state index contributed by atoms with van der Waals surface area (Å²) in [7, 11) is -3.19. The van der Waals surface area contributed by atoms with Crippen LogP contribution in [0.15, 0.2) is 75.4 Å². The maximum Gasteiger partial charge on any atom is 0.178 e. The number of hydrogen-bond donors (Lipinski definition) is 0. The maximum atomic E-state index is 13.4. The summed E-state index contributed by atoms with van der Waals surface area (Å²) in [6.45, 7) is 0. The Kier molecular flexibility index (Phi) is 4.36. The largest absolute Gasteiger partial charge is 0.611 e. The highest BCUT2D eigenvalue weighted by molar-refractivity contribution is 7.99. The van der Waals surface area contributed by atoms with Crippen LogP contribution in [0.25, 0.3) is 0 Å². The van der Waals surface area contributed by atoms with E-state index in [-0.39, 0.29) is 11.0 Å². The van der Waals surface area contributed by atoms with Gasteiger partial charge < -0.3 is 4.55 Å². The smallest absolute Gasteiger partial charge is 0.178 e. The van der Waals surface area contributed by atoms with E-state index < -0.39 is 21.0 Å². The molecule has 0 aromatic heterocycles. The number of sulfone groups is 1. The fraction of sp³-hybridized carbons (Fsp3) is 0.250. The highest BCUT2D eigenvalue weighted by Gasteiger charge is 2.39. The van der Waals surface area contributed by atoms with E-state index >= 15 is 0 Å². The van der Waals surface area contributed by atoms with Gasteiger partial charge in [-0.15, -0.1) is 11.8 Å². The van der Waals surface area contributed by atoms with E-state index in [1.807, 2.05) is 23.9 Å². The molecule has 3 aliphatic rings. The van der Waals surface area contributed by atoms with Gasteiger partial charge in [-0.3, -0.25) is 0 Å². The minimum atomic E-state index is -3.19. The van der Waals surface area contributed by atoms with Crippen LogP contribution < -0.4 is 0 Å². The fourth-order valence-electron chi connectivity index (χ4n) is 4.79. The van der Waals surface area contributed by atoms with Gasteiger partial charge in [0.1, 0.15) is 5.25 Å². The molecule has 0 aliphatic carbocycles. The molecule has 3 nitrogen and oxygen atoms in total. The molecule has 152 valence electrons. The van der Waals surface area contributed by atoms with Crippen molar-refractivity contribution in [2.45, 2.75) is 44.4 Å². The van der Waals surface area contributed by atoms with Gasteiger partial charge in [0.05, 0.1) is 10.6 Å². The van der Waals surface area contributed by atoms with E-state index in [0.717, 1.165) is 28.0 Å². The van der Waals surface area contributed by atoms with Crippen molar-refractivity contribution in [3.63, 3.8) is 0 Å². The van der Waals surface area contributed by atoms with Crippen LogP contribution in [0.5, 0.6) is 0 Å². The third kappa shape index (κ3) is 2.96. The van der Waals surface area contributed by atoms with Gasteiger partial charge >= 0.3 is 0 Å². The second-order valence-corrected chi connectivity index (χ2v) is 13.1. The molecule has 6 rings (SSSR count). The predicted octanol–water partition coefficient (Wildman–Crippen LogP) is 4.81. The van der Waals surface area contributed by atoms with E-state index in [1.165, 1.54) is 16.0 Å². The molecule has 3 aliphatic heterocycles. The van der Waals surface area contributed by atoms with Crippen molar-refractivity contribution in [3.05, 3.63) is 88.5 Å². The molecule has 3 atom stereocenters. The van der Waals surface area contributed by atoms with Crippen molar-refractivity contribution in [1.82, 2.24) is 0 Å². The molecule has 0 spiro atoms. The average Bonchev–Trinajstić information content (AvgIpc) is 3.41. The molecule has 0 fully saturated rings. The summed E-state index contributed by atoms with van der Waals surface area (Å²) in [5, 5.41) is 0.179. The lowest BCUT2D eigenvalue weighted by Gasteiger charge is -2.16.